The Morgan fingerprint density at radius 1 is 1.26 bits per heavy atom. The van der Waals surface area contributed by atoms with Gasteiger partial charge in [0.05, 0.1) is 5.69 Å². The molecule has 0 aliphatic carbocycles. The lowest BCUT2D eigenvalue weighted by Crippen LogP contribution is -2.42. The fourth-order valence-corrected chi connectivity index (χ4v) is 3.48. The molecule has 4 rings (SSSR count). The van der Waals surface area contributed by atoms with Crippen molar-refractivity contribution in [2.24, 2.45) is 0 Å². The van der Waals surface area contributed by atoms with Gasteiger partial charge in [0, 0.05) is 37.0 Å². The Labute approximate surface area is 154 Å². The second kappa shape index (κ2) is 7.07. The Morgan fingerprint density at radius 3 is 2.93 bits per heavy atom. The minimum absolute atomic E-state index is 0.112. The van der Waals surface area contributed by atoms with Crippen molar-refractivity contribution < 1.29 is 8.78 Å². The predicted octanol–water partition coefficient (Wildman–Crippen LogP) is 2.08. The highest BCUT2D eigenvalue weighted by Crippen LogP contribution is 2.19. The van der Waals surface area contributed by atoms with Gasteiger partial charge in [-0.2, -0.15) is 9.50 Å². The number of aromatic nitrogens is 4. The number of piperidine rings is 1. The highest BCUT2D eigenvalue weighted by atomic mass is 19.2. The second-order valence-electron chi connectivity index (χ2n) is 6.88. The molecule has 7 nitrogen and oxygen atoms in total. The van der Waals surface area contributed by atoms with E-state index in [4.69, 9.17) is 0 Å². The van der Waals surface area contributed by atoms with Gasteiger partial charge in [-0.15, -0.1) is 0 Å². The third-order valence-corrected chi connectivity index (χ3v) is 4.68. The first kappa shape index (κ1) is 17.6. The molecule has 0 amide bonds. The molecule has 1 fully saturated rings. The summed E-state index contributed by atoms with van der Waals surface area (Å²) in [6, 6.07) is 5.45. The Hall–Kier alpha value is -2.81. The average Bonchev–Trinajstić information content (AvgIpc) is 2.99. The second-order valence-corrected chi connectivity index (χ2v) is 6.88. The molecule has 0 saturated carbocycles. The van der Waals surface area contributed by atoms with Crippen LogP contribution in [0, 0.1) is 18.6 Å². The highest BCUT2D eigenvalue weighted by Gasteiger charge is 2.21. The summed E-state index contributed by atoms with van der Waals surface area (Å²) in [6.45, 7) is 3.91. The molecule has 0 unspecified atom stereocenters. The van der Waals surface area contributed by atoms with E-state index in [0.29, 0.717) is 29.5 Å². The van der Waals surface area contributed by atoms with Crippen LogP contribution >= 0.6 is 0 Å². The van der Waals surface area contributed by atoms with Gasteiger partial charge in [-0.1, -0.05) is 0 Å². The van der Waals surface area contributed by atoms with Crippen molar-refractivity contribution in [3.8, 4) is 0 Å². The predicted molar refractivity (Wildman–Crippen MR) is 96.6 cm³/mol. The number of fused-ring (bicyclic) bond motifs is 1. The van der Waals surface area contributed by atoms with E-state index in [2.05, 4.69) is 25.3 Å². The highest BCUT2D eigenvalue weighted by molar-refractivity contribution is 5.44. The van der Waals surface area contributed by atoms with Crippen molar-refractivity contribution in [3.63, 3.8) is 0 Å². The summed E-state index contributed by atoms with van der Waals surface area (Å²) < 4.78 is 27.8. The van der Waals surface area contributed by atoms with Crippen LogP contribution in [0.1, 0.15) is 24.4 Å². The lowest BCUT2D eigenvalue weighted by Gasteiger charge is -2.33. The van der Waals surface area contributed by atoms with Gasteiger partial charge in [0.2, 0.25) is 0 Å². The van der Waals surface area contributed by atoms with Crippen molar-refractivity contribution in [1.82, 2.24) is 24.5 Å². The number of anilines is 1. The zero-order valence-electron chi connectivity index (χ0n) is 14.9. The van der Waals surface area contributed by atoms with Crippen LogP contribution in [0.15, 0.2) is 29.1 Å². The maximum atomic E-state index is 13.4. The van der Waals surface area contributed by atoms with Gasteiger partial charge >= 0.3 is 0 Å². The molecule has 2 aromatic heterocycles. The largest absolute Gasteiger partial charge is 0.381 e. The van der Waals surface area contributed by atoms with Crippen molar-refractivity contribution in [2.45, 2.75) is 32.4 Å². The van der Waals surface area contributed by atoms with Gasteiger partial charge < -0.3 is 5.32 Å². The van der Waals surface area contributed by atoms with Crippen molar-refractivity contribution in [3.05, 3.63) is 57.8 Å². The maximum Gasteiger partial charge on any atom is 0.274 e. The zero-order chi connectivity index (χ0) is 19.0. The molecule has 2 N–H and O–H groups in total. The van der Waals surface area contributed by atoms with Gasteiger partial charge in [0.15, 0.2) is 11.6 Å². The fraction of sp³-hybridized carbons (Fsp3) is 0.389. The minimum atomic E-state index is -0.861. The van der Waals surface area contributed by atoms with E-state index in [9.17, 15) is 13.6 Å². The van der Waals surface area contributed by atoms with Crippen LogP contribution in [-0.4, -0.2) is 43.6 Å². The first-order valence-corrected chi connectivity index (χ1v) is 8.87. The minimum Gasteiger partial charge on any atom is -0.381 e. The summed E-state index contributed by atoms with van der Waals surface area (Å²) in [7, 11) is 0. The molecular formula is C18H20F2N6O. The van der Waals surface area contributed by atoms with E-state index in [1.165, 1.54) is 22.7 Å². The maximum absolute atomic E-state index is 13.4. The third-order valence-electron chi connectivity index (χ3n) is 4.68. The topological polar surface area (TPSA) is 78.3 Å². The van der Waals surface area contributed by atoms with Crippen LogP contribution in [0.2, 0.25) is 0 Å². The Morgan fingerprint density at radius 2 is 2.11 bits per heavy atom. The van der Waals surface area contributed by atoms with Gasteiger partial charge in [-0.25, -0.2) is 13.8 Å². The number of hydrogen-bond donors (Lipinski definition) is 2. The summed E-state index contributed by atoms with van der Waals surface area (Å²) in [5, 5.41) is 6.11. The molecule has 142 valence electrons. The van der Waals surface area contributed by atoms with E-state index in [-0.39, 0.29) is 11.6 Å². The fourth-order valence-electron chi connectivity index (χ4n) is 3.48. The lowest BCUT2D eigenvalue weighted by molar-refractivity contribution is 0.206. The number of nitrogens with one attached hydrogen (secondary N) is 2. The number of halogens is 2. The SMILES string of the molecule is Cc1nc2nc(CN3CCC[C@@H](Nc4ccc(F)c(F)c4)C3)cc(=O)n2[nH]1. The molecule has 3 aromatic rings. The molecule has 3 heterocycles. The number of nitrogens with zero attached hydrogens (tertiary/aromatic N) is 4. The van der Waals surface area contributed by atoms with Gasteiger partial charge in [-0.05, 0) is 38.4 Å². The number of aryl methyl sites for hydroxylation is 1. The van der Waals surface area contributed by atoms with Gasteiger partial charge in [0.1, 0.15) is 5.82 Å². The number of likely N-dealkylation sites (tertiary alicyclic amines) is 1. The first-order chi connectivity index (χ1) is 13.0. The molecule has 0 bridgehead atoms. The monoisotopic (exact) mass is 374 g/mol. The number of rotatable bonds is 4. The number of H-pyrrole nitrogens is 1. The van der Waals surface area contributed by atoms with E-state index in [1.54, 1.807) is 6.92 Å². The first-order valence-electron chi connectivity index (χ1n) is 8.87. The summed E-state index contributed by atoms with van der Waals surface area (Å²) in [5.74, 6) is -0.721. The molecule has 9 heteroatoms. The van der Waals surface area contributed by atoms with Crippen molar-refractivity contribution >= 4 is 11.5 Å². The molecule has 27 heavy (non-hydrogen) atoms. The smallest absolute Gasteiger partial charge is 0.274 e. The van der Waals surface area contributed by atoms with Crippen molar-refractivity contribution in [1.29, 1.82) is 0 Å². The summed E-state index contributed by atoms with van der Waals surface area (Å²) in [5.41, 5.74) is 1.04. The molecule has 0 radical (unpaired) electrons. The number of aromatic amines is 1. The normalized spacial score (nSPS) is 18.1. The summed E-state index contributed by atoms with van der Waals surface area (Å²) in [4.78, 5) is 23.0. The van der Waals surface area contributed by atoms with E-state index in [1.807, 2.05) is 0 Å². The number of benzene rings is 1. The van der Waals surface area contributed by atoms with E-state index < -0.39 is 11.6 Å². The Kier molecular flexibility index (Phi) is 4.61. The lowest BCUT2D eigenvalue weighted by atomic mass is 10.0. The van der Waals surface area contributed by atoms with E-state index >= 15 is 0 Å². The third kappa shape index (κ3) is 3.82. The Bertz CT molecular complexity index is 1030. The van der Waals surface area contributed by atoms with Crippen LogP contribution in [0.4, 0.5) is 14.5 Å². The zero-order valence-corrected chi connectivity index (χ0v) is 14.9. The van der Waals surface area contributed by atoms with Crippen LogP contribution in [0.5, 0.6) is 0 Å². The molecule has 1 aliphatic heterocycles. The quantitative estimate of drug-likeness (QED) is 0.731. The van der Waals surface area contributed by atoms with Gasteiger partial charge in [-0.3, -0.25) is 14.8 Å². The summed E-state index contributed by atoms with van der Waals surface area (Å²) >= 11 is 0. The molecule has 1 aromatic carbocycles. The molecule has 1 saturated heterocycles. The summed E-state index contributed by atoms with van der Waals surface area (Å²) in [6.07, 6.45) is 1.90. The van der Waals surface area contributed by atoms with Crippen LogP contribution < -0.4 is 10.9 Å². The van der Waals surface area contributed by atoms with Crippen LogP contribution in [0.3, 0.4) is 0 Å². The van der Waals surface area contributed by atoms with E-state index in [0.717, 1.165) is 32.0 Å². The van der Waals surface area contributed by atoms with Gasteiger partial charge in [0.25, 0.3) is 11.3 Å². The molecular weight excluding hydrogens is 354 g/mol. The molecule has 0 spiro atoms. The average molecular weight is 374 g/mol. The molecule has 1 aliphatic rings. The van der Waals surface area contributed by atoms with Crippen molar-refractivity contribution in [2.75, 3.05) is 18.4 Å². The Balaban J connectivity index is 1.45. The standard InChI is InChI=1S/C18H20F2N6O/c1-11-21-18-23-14(8-17(27)26(18)24-11)10-25-6-2-3-13(9-25)22-12-4-5-15(19)16(20)7-12/h4-5,7-8,13,22H,2-3,6,9-10H2,1H3,(H,21,23,24)/t13-/m1/s1. The molecule has 1 atom stereocenters. The van der Waals surface area contributed by atoms with Crippen LogP contribution in [-0.2, 0) is 6.54 Å². The van der Waals surface area contributed by atoms with Crippen LogP contribution in [0.25, 0.3) is 5.78 Å². The number of hydrogen-bond acceptors (Lipinski definition) is 5.